The molecule has 0 fully saturated rings. The molecule has 4 rings (SSSR count). The smallest absolute Gasteiger partial charge is 0.251 e. The first-order valence-corrected chi connectivity index (χ1v) is 15.3. The van der Waals surface area contributed by atoms with E-state index in [4.69, 9.17) is 23.2 Å². The lowest BCUT2D eigenvalue weighted by Crippen LogP contribution is -2.26. The molecule has 2 heterocycles. The first-order chi connectivity index (χ1) is 19.0. The number of nitriles is 1. The molecular formula is C28H30Cl2N6O2S2. The topological polar surface area (TPSA) is 113 Å². The molecule has 0 unspecified atom stereocenters. The van der Waals surface area contributed by atoms with Crippen LogP contribution in [0.2, 0.25) is 10.0 Å². The number of thiophene rings is 1. The lowest BCUT2D eigenvalue weighted by molar-refractivity contribution is -0.113. The SMILES string of the molecule is C=CCn1c(CNC(=O)c2ccc(Cl)c(Cl)c2)nnc1SCC(=O)Nc1sc2c(c1C#N)CC[C@@H](C(C)(C)C)C2. The van der Waals surface area contributed by atoms with Gasteiger partial charge in [0.1, 0.15) is 11.1 Å². The zero-order valence-corrected chi connectivity index (χ0v) is 25.7. The number of fused-ring (bicyclic) bond motifs is 1. The number of benzene rings is 1. The highest BCUT2D eigenvalue weighted by Crippen LogP contribution is 2.44. The van der Waals surface area contributed by atoms with Crippen LogP contribution in [0.25, 0.3) is 0 Å². The van der Waals surface area contributed by atoms with Gasteiger partial charge in [-0.3, -0.25) is 9.59 Å². The summed E-state index contributed by atoms with van der Waals surface area (Å²) in [7, 11) is 0. The molecule has 12 heteroatoms. The summed E-state index contributed by atoms with van der Waals surface area (Å²) in [5, 5.41) is 25.8. The number of carbonyl (C=O) groups excluding carboxylic acids is 2. The third-order valence-electron chi connectivity index (χ3n) is 6.88. The Morgan fingerprint density at radius 1 is 1.30 bits per heavy atom. The molecule has 0 saturated carbocycles. The number of halogens is 2. The normalized spacial score (nSPS) is 14.8. The summed E-state index contributed by atoms with van der Waals surface area (Å²) in [4.78, 5) is 26.7. The lowest BCUT2D eigenvalue weighted by Gasteiger charge is -2.33. The van der Waals surface area contributed by atoms with E-state index in [2.05, 4.69) is 54.3 Å². The summed E-state index contributed by atoms with van der Waals surface area (Å²) in [6.07, 6.45) is 4.52. The van der Waals surface area contributed by atoms with Gasteiger partial charge in [0.05, 0.1) is 27.9 Å². The van der Waals surface area contributed by atoms with Crippen molar-refractivity contribution in [3.8, 4) is 6.07 Å². The largest absolute Gasteiger partial charge is 0.345 e. The molecule has 8 nitrogen and oxygen atoms in total. The Kier molecular flexibility index (Phi) is 9.62. The predicted molar refractivity (Wildman–Crippen MR) is 161 cm³/mol. The van der Waals surface area contributed by atoms with Gasteiger partial charge in [-0.25, -0.2) is 0 Å². The van der Waals surface area contributed by atoms with Gasteiger partial charge in [0, 0.05) is 17.0 Å². The predicted octanol–water partition coefficient (Wildman–Crippen LogP) is 6.52. The van der Waals surface area contributed by atoms with Crippen LogP contribution in [0, 0.1) is 22.7 Å². The van der Waals surface area contributed by atoms with Gasteiger partial charge in [0.15, 0.2) is 11.0 Å². The molecule has 2 N–H and O–H groups in total. The number of hydrogen-bond donors (Lipinski definition) is 2. The number of carbonyl (C=O) groups is 2. The van der Waals surface area contributed by atoms with E-state index in [1.165, 1.54) is 34.0 Å². The fourth-order valence-electron chi connectivity index (χ4n) is 4.59. The van der Waals surface area contributed by atoms with E-state index in [0.29, 0.717) is 49.6 Å². The number of aromatic nitrogens is 3. The monoisotopic (exact) mass is 616 g/mol. The van der Waals surface area contributed by atoms with Crippen LogP contribution in [0.5, 0.6) is 0 Å². The van der Waals surface area contributed by atoms with E-state index >= 15 is 0 Å². The zero-order chi connectivity index (χ0) is 29.0. The first-order valence-electron chi connectivity index (χ1n) is 12.7. The average Bonchev–Trinajstić information content (AvgIpc) is 3.46. The second kappa shape index (κ2) is 12.8. The third-order valence-corrected chi connectivity index (χ3v) is 9.76. The third kappa shape index (κ3) is 6.89. The molecular weight excluding hydrogens is 587 g/mol. The van der Waals surface area contributed by atoms with Gasteiger partial charge in [-0.05, 0) is 54.4 Å². The number of thioether (sulfide) groups is 1. The fraction of sp³-hybridized carbons (Fsp3) is 0.393. The molecule has 0 spiro atoms. The molecule has 0 aliphatic heterocycles. The Labute approximate surface area is 252 Å². The number of hydrogen-bond acceptors (Lipinski definition) is 7. The Morgan fingerprint density at radius 2 is 2.08 bits per heavy atom. The second-order valence-electron chi connectivity index (χ2n) is 10.6. The minimum atomic E-state index is -0.332. The highest BCUT2D eigenvalue weighted by molar-refractivity contribution is 7.99. The van der Waals surface area contributed by atoms with Crippen molar-refractivity contribution < 1.29 is 9.59 Å². The van der Waals surface area contributed by atoms with Crippen LogP contribution >= 0.6 is 46.3 Å². The second-order valence-corrected chi connectivity index (χ2v) is 13.4. The number of anilines is 1. The van der Waals surface area contributed by atoms with Crippen LogP contribution in [-0.2, 0) is 30.7 Å². The van der Waals surface area contributed by atoms with Gasteiger partial charge in [0.25, 0.3) is 5.91 Å². The summed E-state index contributed by atoms with van der Waals surface area (Å²) in [6.45, 7) is 11.1. The summed E-state index contributed by atoms with van der Waals surface area (Å²) in [5.41, 5.74) is 2.23. The number of rotatable bonds is 9. The van der Waals surface area contributed by atoms with Crippen molar-refractivity contribution in [2.24, 2.45) is 11.3 Å². The molecule has 1 aliphatic rings. The average molecular weight is 618 g/mol. The van der Waals surface area contributed by atoms with Crippen LogP contribution in [-0.4, -0.2) is 32.3 Å². The van der Waals surface area contributed by atoms with Crippen molar-refractivity contribution >= 4 is 63.1 Å². The molecule has 1 atom stereocenters. The lowest BCUT2D eigenvalue weighted by atomic mass is 9.72. The van der Waals surface area contributed by atoms with Crippen molar-refractivity contribution in [2.45, 2.75) is 58.3 Å². The summed E-state index contributed by atoms with van der Waals surface area (Å²) >= 11 is 14.7. The van der Waals surface area contributed by atoms with E-state index in [9.17, 15) is 14.9 Å². The zero-order valence-electron chi connectivity index (χ0n) is 22.5. The van der Waals surface area contributed by atoms with E-state index in [0.717, 1.165) is 24.8 Å². The van der Waals surface area contributed by atoms with Crippen molar-refractivity contribution in [1.29, 1.82) is 5.26 Å². The Balaban J connectivity index is 1.39. The maximum atomic E-state index is 12.9. The molecule has 0 bridgehead atoms. The molecule has 0 saturated heterocycles. The Morgan fingerprint density at radius 3 is 2.75 bits per heavy atom. The van der Waals surface area contributed by atoms with Crippen LogP contribution in [0.1, 0.15) is 59.4 Å². The fourth-order valence-corrected chi connectivity index (χ4v) is 6.95. The van der Waals surface area contributed by atoms with E-state index in [-0.39, 0.29) is 29.5 Å². The summed E-state index contributed by atoms with van der Waals surface area (Å²) < 4.78 is 1.79. The van der Waals surface area contributed by atoms with Crippen molar-refractivity contribution in [3.05, 3.63) is 68.3 Å². The number of nitrogens with one attached hydrogen (secondary N) is 2. The molecule has 3 aromatic rings. The quantitative estimate of drug-likeness (QED) is 0.209. The number of amides is 2. The molecule has 2 amide bonds. The Hall–Kier alpha value is -2.84. The van der Waals surface area contributed by atoms with Crippen molar-refractivity contribution in [2.75, 3.05) is 11.1 Å². The molecule has 0 radical (unpaired) electrons. The first kappa shape index (κ1) is 30.1. The van der Waals surface area contributed by atoms with E-state index in [1.54, 1.807) is 22.8 Å². The highest BCUT2D eigenvalue weighted by Gasteiger charge is 2.32. The molecule has 2 aromatic heterocycles. The van der Waals surface area contributed by atoms with E-state index < -0.39 is 0 Å². The van der Waals surface area contributed by atoms with Gasteiger partial charge < -0.3 is 15.2 Å². The maximum absolute atomic E-state index is 12.9. The van der Waals surface area contributed by atoms with Gasteiger partial charge in [-0.2, -0.15) is 5.26 Å². The van der Waals surface area contributed by atoms with E-state index in [1.807, 2.05) is 0 Å². The number of nitrogens with zero attached hydrogens (tertiary/aromatic N) is 4. The van der Waals surface area contributed by atoms with Gasteiger partial charge >= 0.3 is 0 Å². The molecule has 1 aliphatic carbocycles. The van der Waals surface area contributed by atoms with Crippen molar-refractivity contribution in [1.82, 2.24) is 20.1 Å². The summed E-state index contributed by atoms with van der Waals surface area (Å²) in [5.74, 6) is 0.588. The van der Waals surface area contributed by atoms with Gasteiger partial charge in [-0.1, -0.05) is 61.8 Å². The van der Waals surface area contributed by atoms with Gasteiger partial charge in [-0.15, -0.1) is 28.1 Å². The highest BCUT2D eigenvalue weighted by atomic mass is 35.5. The minimum Gasteiger partial charge on any atom is -0.345 e. The number of allylic oxidation sites excluding steroid dienone is 1. The minimum absolute atomic E-state index is 0.0863. The van der Waals surface area contributed by atoms with Crippen LogP contribution in [0.4, 0.5) is 5.00 Å². The standard InChI is InChI=1S/C28H30Cl2N6O2S2/c1-5-10-36-23(14-32-25(38)16-6-9-20(29)21(30)11-16)34-35-27(36)39-15-24(37)33-26-19(13-31)18-8-7-17(28(2,3)4)12-22(18)40-26/h5-6,9,11,17H,1,7-8,10,12,14-15H2,2-4H3,(H,32,38)(H,33,37)/t17-/m1/s1. The maximum Gasteiger partial charge on any atom is 0.251 e. The van der Waals surface area contributed by atoms with Crippen molar-refractivity contribution in [3.63, 3.8) is 0 Å². The Bertz CT molecular complexity index is 1480. The molecule has 1 aromatic carbocycles. The van der Waals surface area contributed by atoms with Crippen LogP contribution in [0.3, 0.4) is 0 Å². The van der Waals surface area contributed by atoms with Crippen LogP contribution in [0.15, 0.2) is 36.0 Å². The summed E-state index contributed by atoms with van der Waals surface area (Å²) in [6, 6.07) is 6.96. The van der Waals surface area contributed by atoms with Gasteiger partial charge in [0.2, 0.25) is 5.91 Å². The molecule has 40 heavy (non-hydrogen) atoms. The molecule has 210 valence electrons. The van der Waals surface area contributed by atoms with Crippen LogP contribution < -0.4 is 10.6 Å².